The van der Waals surface area contributed by atoms with E-state index >= 15 is 0 Å². The number of carbonyl (C=O) groups is 1. The molecular weight excluding hydrogens is 240 g/mol. The predicted octanol–water partition coefficient (Wildman–Crippen LogP) is 3.75. The molecule has 0 fully saturated rings. The summed E-state index contributed by atoms with van der Waals surface area (Å²) < 4.78 is 4.88. The third-order valence-corrected chi connectivity index (χ3v) is 3.35. The van der Waals surface area contributed by atoms with E-state index in [9.17, 15) is 4.79 Å². The van der Waals surface area contributed by atoms with Crippen LogP contribution >= 0.6 is 0 Å². The van der Waals surface area contributed by atoms with Gasteiger partial charge in [-0.1, -0.05) is 31.1 Å². The maximum absolute atomic E-state index is 12.0. The number of rotatable bonds is 4. The Balaban J connectivity index is 2.08. The lowest BCUT2D eigenvalue weighted by molar-refractivity contribution is 0.102. The van der Waals surface area contributed by atoms with Crippen LogP contribution in [-0.2, 0) is 0 Å². The molecule has 2 rings (SSSR count). The predicted molar refractivity (Wildman–Crippen MR) is 74.3 cm³/mol. The number of aryl methyl sites for hydroxylation is 1. The molecular formula is C15H18N2O2. The van der Waals surface area contributed by atoms with Gasteiger partial charge in [0.05, 0.1) is 6.20 Å². The summed E-state index contributed by atoms with van der Waals surface area (Å²) >= 11 is 0. The van der Waals surface area contributed by atoms with Crippen molar-refractivity contribution in [3.63, 3.8) is 0 Å². The van der Waals surface area contributed by atoms with Crippen molar-refractivity contribution in [3.8, 4) is 0 Å². The second-order valence-electron chi connectivity index (χ2n) is 4.68. The topological polar surface area (TPSA) is 55.1 Å². The molecule has 1 aromatic heterocycles. The number of hydrogen-bond donors (Lipinski definition) is 1. The molecule has 19 heavy (non-hydrogen) atoms. The highest BCUT2D eigenvalue weighted by atomic mass is 16.5. The molecule has 2 aromatic rings. The summed E-state index contributed by atoms with van der Waals surface area (Å²) in [6.45, 7) is 6.07. The van der Waals surface area contributed by atoms with Gasteiger partial charge in [-0.2, -0.15) is 0 Å². The molecule has 0 saturated heterocycles. The zero-order chi connectivity index (χ0) is 13.8. The normalized spacial score (nSPS) is 12.2. The lowest BCUT2D eigenvalue weighted by Gasteiger charge is -2.10. The van der Waals surface area contributed by atoms with Crippen molar-refractivity contribution in [1.29, 1.82) is 0 Å². The Morgan fingerprint density at radius 2 is 2.05 bits per heavy atom. The molecule has 0 aliphatic carbocycles. The first kappa shape index (κ1) is 13.3. The average molecular weight is 258 g/mol. The standard InChI is InChI=1S/C15H18N2O2/c1-4-10(2)12-5-7-13(8-6-12)17-15(18)14-9-16-19-11(14)3/h5-10H,4H2,1-3H3,(H,17,18). The highest BCUT2D eigenvalue weighted by molar-refractivity contribution is 6.04. The minimum absolute atomic E-state index is 0.199. The number of carbonyl (C=O) groups excluding carboxylic acids is 1. The van der Waals surface area contributed by atoms with Crippen LogP contribution in [0.3, 0.4) is 0 Å². The molecule has 100 valence electrons. The van der Waals surface area contributed by atoms with Crippen LogP contribution in [0.4, 0.5) is 5.69 Å². The fourth-order valence-corrected chi connectivity index (χ4v) is 1.85. The van der Waals surface area contributed by atoms with Crippen molar-refractivity contribution in [1.82, 2.24) is 5.16 Å². The van der Waals surface area contributed by atoms with Gasteiger partial charge in [0.2, 0.25) is 0 Å². The summed E-state index contributed by atoms with van der Waals surface area (Å²) in [5, 5.41) is 6.43. The van der Waals surface area contributed by atoms with Gasteiger partial charge >= 0.3 is 0 Å². The molecule has 1 aromatic carbocycles. The third kappa shape index (κ3) is 3.02. The Hall–Kier alpha value is -2.10. The fourth-order valence-electron chi connectivity index (χ4n) is 1.85. The minimum Gasteiger partial charge on any atom is -0.361 e. The summed E-state index contributed by atoms with van der Waals surface area (Å²) in [5.74, 6) is 0.855. The van der Waals surface area contributed by atoms with E-state index in [0.717, 1.165) is 12.1 Å². The molecule has 1 amide bonds. The van der Waals surface area contributed by atoms with E-state index in [-0.39, 0.29) is 5.91 Å². The molecule has 1 unspecified atom stereocenters. The summed E-state index contributed by atoms with van der Waals surface area (Å²) in [6.07, 6.45) is 2.53. The molecule has 1 N–H and O–H groups in total. The zero-order valence-corrected chi connectivity index (χ0v) is 11.4. The summed E-state index contributed by atoms with van der Waals surface area (Å²) in [7, 11) is 0. The van der Waals surface area contributed by atoms with Crippen LogP contribution < -0.4 is 5.32 Å². The number of amides is 1. The van der Waals surface area contributed by atoms with Crippen LogP contribution in [0.1, 0.15) is 47.9 Å². The van der Waals surface area contributed by atoms with Gasteiger partial charge in [-0.05, 0) is 37.0 Å². The van der Waals surface area contributed by atoms with E-state index < -0.39 is 0 Å². The van der Waals surface area contributed by atoms with E-state index in [4.69, 9.17) is 4.52 Å². The van der Waals surface area contributed by atoms with Gasteiger partial charge in [-0.25, -0.2) is 0 Å². The van der Waals surface area contributed by atoms with E-state index in [1.165, 1.54) is 11.8 Å². The Bertz CT molecular complexity index is 558. The first-order valence-corrected chi connectivity index (χ1v) is 6.44. The average Bonchev–Trinajstić information content (AvgIpc) is 2.85. The largest absolute Gasteiger partial charge is 0.361 e. The molecule has 0 aliphatic heterocycles. The van der Waals surface area contributed by atoms with Crippen molar-refractivity contribution in [3.05, 3.63) is 47.3 Å². The highest BCUT2D eigenvalue weighted by Crippen LogP contribution is 2.21. The maximum atomic E-state index is 12.0. The second-order valence-corrected chi connectivity index (χ2v) is 4.68. The second kappa shape index (κ2) is 5.69. The van der Waals surface area contributed by atoms with E-state index in [1.54, 1.807) is 6.92 Å². The highest BCUT2D eigenvalue weighted by Gasteiger charge is 2.13. The number of nitrogens with zero attached hydrogens (tertiary/aromatic N) is 1. The molecule has 0 radical (unpaired) electrons. The maximum Gasteiger partial charge on any atom is 0.260 e. The molecule has 1 heterocycles. The third-order valence-electron chi connectivity index (χ3n) is 3.35. The van der Waals surface area contributed by atoms with Crippen molar-refractivity contribution in [2.45, 2.75) is 33.1 Å². The molecule has 0 bridgehead atoms. The summed E-state index contributed by atoms with van der Waals surface area (Å²) in [6, 6.07) is 7.93. The molecule has 0 aliphatic rings. The molecule has 0 spiro atoms. The Labute approximate surface area is 112 Å². The monoisotopic (exact) mass is 258 g/mol. The number of anilines is 1. The molecule has 4 nitrogen and oxygen atoms in total. The molecule has 0 saturated carbocycles. The van der Waals surface area contributed by atoms with Gasteiger partial charge in [0.1, 0.15) is 11.3 Å². The van der Waals surface area contributed by atoms with Crippen LogP contribution in [0, 0.1) is 6.92 Å². The van der Waals surface area contributed by atoms with E-state index in [0.29, 0.717) is 17.2 Å². The van der Waals surface area contributed by atoms with Crippen LogP contribution in [-0.4, -0.2) is 11.1 Å². The number of aromatic nitrogens is 1. The van der Waals surface area contributed by atoms with Crippen molar-refractivity contribution < 1.29 is 9.32 Å². The summed E-state index contributed by atoms with van der Waals surface area (Å²) in [5.41, 5.74) is 2.52. The zero-order valence-electron chi connectivity index (χ0n) is 11.4. The van der Waals surface area contributed by atoms with Crippen molar-refractivity contribution in [2.24, 2.45) is 0 Å². The van der Waals surface area contributed by atoms with Crippen molar-refractivity contribution in [2.75, 3.05) is 5.32 Å². The molecule has 1 atom stereocenters. The smallest absolute Gasteiger partial charge is 0.260 e. The minimum atomic E-state index is -0.199. The first-order chi connectivity index (χ1) is 9.11. The van der Waals surface area contributed by atoms with Gasteiger partial charge in [-0.3, -0.25) is 4.79 Å². The van der Waals surface area contributed by atoms with Crippen molar-refractivity contribution >= 4 is 11.6 Å². The van der Waals surface area contributed by atoms with Gasteiger partial charge in [0, 0.05) is 5.69 Å². The number of benzene rings is 1. The number of nitrogens with one attached hydrogen (secondary N) is 1. The summed E-state index contributed by atoms with van der Waals surface area (Å²) in [4.78, 5) is 12.0. The van der Waals surface area contributed by atoms with Crippen LogP contribution in [0.15, 0.2) is 35.0 Å². The Morgan fingerprint density at radius 3 is 2.58 bits per heavy atom. The van der Waals surface area contributed by atoms with Gasteiger partial charge < -0.3 is 9.84 Å². The van der Waals surface area contributed by atoms with E-state index in [1.807, 2.05) is 24.3 Å². The first-order valence-electron chi connectivity index (χ1n) is 6.44. The van der Waals surface area contributed by atoms with E-state index in [2.05, 4.69) is 24.3 Å². The number of hydrogen-bond acceptors (Lipinski definition) is 3. The fraction of sp³-hybridized carbons (Fsp3) is 0.333. The van der Waals surface area contributed by atoms with Crippen LogP contribution in [0.2, 0.25) is 0 Å². The Kier molecular flexibility index (Phi) is 4.00. The lowest BCUT2D eigenvalue weighted by atomic mass is 9.98. The van der Waals surface area contributed by atoms with Crippen LogP contribution in [0.5, 0.6) is 0 Å². The van der Waals surface area contributed by atoms with Gasteiger partial charge in [0.15, 0.2) is 0 Å². The Morgan fingerprint density at radius 1 is 1.37 bits per heavy atom. The molecule has 4 heteroatoms. The van der Waals surface area contributed by atoms with Gasteiger partial charge in [0.25, 0.3) is 5.91 Å². The quantitative estimate of drug-likeness (QED) is 0.908. The van der Waals surface area contributed by atoms with Crippen LogP contribution in [0.25, 0.3) is 0 Å². The van der Waals surface area contributed by atoms with Gasteiger partial charge in [-0.15, -0.1) is 0 Å². The SMILES string of the molecule is CCC(C)c1ccc(NC(=O)c2cnoc2C)cc1. The lowest BCUT2D eigenvalue weighted by Crippen LogP contribution is -2.12.